The number of rotatable bonds is 5. The van der Waals surface area contributed by atoms with Gasteiger partial charge in [-0.15, -0.1) is 0 Å². The number of phenols is 1. The van der Waals surface area contributed by atoms with Crippen LogP contribution in [0.15, 0.2) is 30.3 Å². The first-order chi connectivity index (χ1) is 13.8. The Kier molecular flexibility index (Phi) is 5.64. The number of hydrogen-bond acceptors (Lipinski definition) is 7. The second-order valence-electron chi connectivity index (χ2n) is 6.51. The number of nitrogens with zero attached hydrogens (tertiary/aromatic N) is 2. The molecular weight excluding hydrogens is 382 g/mol. The number of non-ortho nitro benzene ring substituents is 1. The Morgan fingerprint density at radius 2 is 1.86 bits per heavy atom. The van der Waals surface area contributed by atoms with Gasteiger partial charge in [0.2, 0.25) is 0 Å². The number of hydrogen-bond donors (Lipinski definition) is 3. The average molecular weight is 401 g/mol. The molecule has 1 aliphatic rings. The number of ether oxygens (including phenoxy) is 1. The minimum absolute atomic E-state index is 0.0868. The van der Waals surface area contributed by atoms with Gasteiger partial charge in [0.15, 0.2) is 0 Å². The van der Waals surface area contributed by atoms with Crippen molar-refractivity contribution in [3.05, 3.63) is 57.1 Å². The molecule has 2 aromatic carbocycles. The number of nitro benzene ring substituents is 1. The Labute approximate surface area is 165 Å². The monoisotopic (exact) mass is 401 g/mol. The summed E-state index contributed by atoms with van der Waals surface area (Å²) in [7, 11) is 0. The molecule has 1 saturated heterocycles. The highest BCUT2D eigenvalue weighted by Crippen LogP contribution is 2.30. The molecule has 3 rings (SSSR count). The first-order valence-electron chi connectivity index (χ1n) is 8.77. The molecule has 0 spiro atoms. The second kappa shape index (κ2) is 8.15. The highest BCUT2D eigenvalue weighted by Gasteiger charge is 2.23. The molecule has 10 nitrogen and oxygen atoms in total. The Bertz CT molecular complexity index is 984. The molecule has 0 bridgehead atoms. The Hall–Kier alpha value is -3.66. The van der Waals surface area contributed by atoms with E-state index in [0.717, 1.165) is 6.07 Å². The van der Waals surface area contributed by atoms with Crippen LogP contribution in [0.1, 0.15) is 26.3 Å². The topological polar surface area (TPSA) is 142 Å². The van der Waals surface area contributed by atoms with Crippen LogP contribution in [0.2, 0.25) is 0 Å². The number of amides is 1. The molecule has 0 aromatic heterocycles. The molecule has 0 unspecified atom stereocenters. The van der Waals surface area contributed by atoms with Crippen LogP contribution >= 0.6 is 0 Å². The van der Waals surface area contributed by atoms with E-state index in [1.165, 1.54) is 31.2 Å². The highest BCUT2D eigenvalue weighted by molar-refractivity contribution is 6.09. The maximum atomic E-state index is 12.9. The van der Waals surface area contributed by atoms with Gasteiger partial charge in [-0.1, -0.05) is 0 Å². The number of carbonyl (C=O) groups excluding carboxylic acids is 1. The zero-order valence-corrected chi connectivity index (χ0v) is 15.5. The summed E-state index contributed by atoms with van der Waals surface area (Å²) in [4.78, 5) is 36.7. The highest BCUT2D eigenvalue weighted by atomic mass is 16.6. The molecule has 1 amide bonds. The minimum Gasteiger partial charge on any atom is -0.507 e. The van der Waals surface area contributed by atoms with Crippen LogP contribution in [-0.2, 0) is 4.74 Å². The van der Waals surface area contributed by atoms with Crippen LogP contribution in [0, 0.1) is 17.0 Å². The maximum absolute atomic E-state index is 12.9. The van der Waals surface area contributed by atoms with E-state index in [1.807, 2.05) is 4.90 Å². The fourth-order valence-corrected chi connectivity index (χ4v) is 3.11. The third-order valence-corrected chi connectivity index (χ3v) is 4.58. The van der Waals surface area contributed by atoms with Crippen LogP contribution in [0.25, 0.3) is 0 Å². The number of benzene rings is 2. The predicted octanol–water partition coefficient (Wildman–Crippen LogP) is 2.40. The zero-order chi connectivity index (χ0) is 21.1. The summed E-state index contributed by atoms with van der Waals surface area (Å²) in [5.41, 5.74) is 0.442. The van der Waals surface area contributed by atoms with Crippen LogP contribution in [0.3, 0.4) is 0 Å². The van der Waals surface area contributed by atoms with Gasteiger partial charge in [0.1, 0.15) is 11.3 Å². The first kappa shape index (κ1) is 20.1. The van der Waals surface area contributed by atoms with Crippen molar-refractivity contribution in [3.8, 4) is 5.75 Å². The standard InChI is InChI=1S/C19H19N3O7/c1-11-8-12(9-15(17(11)23)19(25)26)20-18(24)14-10-13(22(27)28)2-3-16(14)21-4-6-29-7-5-21/h2-3,8-10,23H,4-7H2,1H3,(H,20,24)(H,25,26). The molecule has 0 aliphatic carbocycles. The fraction of sp³-hybridized carbons (Fsp3) is 0.263. The predicted molar refractivity (Wildman–Crippen MR) is 104 cm³/mol. The van der Waals surface area contributed by atoms with E-state index in [0.29, 0.717) is 32.0 Å². The van der Waals surface area contributed by atoms with Gasteiger partial charge in [-0.3, -0.25) is 14.9 Å². The Balaban J connectivity index is 1.98. The van der Waals surface area contributed by atoms with Crippen LogP contribution in [-0.4, -0.2) is 53.3 Å². The number of carboxylic acid groups (broad SMARTS) is 1. The number of aromatic hydroxyl groups is 1. The van der Waals surface area contributed by atoms with Gasteiger partial charge >= 0.3 is 5.97 Å². The van der Waals surface area contributed by atoms with E-state index in [4.69, 9.17) is 4.74 Å². The number of carboxylic acids is 1. The summed E-state index contributed by atoms with van der Waals surface area (Å²) in [6.07, 6.45) is 0. The second-order valence-corrected chi connectivity index (χ2v) is 6.51. The molecule has 3 N–H and O–H groups in total. The molecule has 10 heteroatoms. The average Bonchev–Trinajstić information content (AvgIpc) is 2.70. The maximum Gasteiger partial charge on any atom is 0.339 e. The van der Waals surface area contributed by atoms with Gasteiger partial charge in [0, 0.05) is 30.9 Å². The van der Waals surface area contributed by atoms with Crippen molar-refractivity contribution in [1.29, 1.82) is 0 Å². The van der Waals surface area contributed by atoms with E-state index < -0.39 is 16.8 Å². The van der Waals surface area contributed by atoms with E-state index in [2.05, 4.69) is 5.32 Å². The molecule has 2 aromatic rings. The number of nitrogens with one attached hydrogen (secondary N) is 1. The number of nitro groups is 1. The van der Waals surface area contributed by atoms with Gasteiger partial charge in [0.05, 0.1) is 29.4 Å². The Morgan fingerprint density at radius 3 is 2.48 bits per heavy atom. The lowest BCUT2D eigenvalue weighted by Crippen LogP contribution is -2.37. The minimum atomic E-state index is -1.34. The van der Waals surface area contributed by atoms with Crippen molar-refractivity contribution in [3.63, 3.8) is 0 Å². The van der Waals surface area contributed by atoms with Gasteiger partial charge in [-0.2, -0.15) is 0 Å². The quantitative estimate of drug-likeness (QED) is 0.394. The number of anilines is 2. The fourth-order valence-electron chi connectivity index (χ4n) is 3.11. The zero-order valence-electron chi connectivity index (χ0n) is 15.5. The van der Waals surface area contributed by atoms with Gasteiger partial charge in [-0.05, 0) is 30.7 Å². The van der Waals surface area contributed by atoms with E-state index >= 15 is 0 Å². The number of morpholine rings is 1. The largest absolute Gasteiger partial charge is 0.507 e. The lowest BCUT2D eigenvalue weighted by atomic mass is 10.1. The van der Waals surface area contributed by atoms with Gasteiger partial charge in [0.25, 0.3) is 11.6 Å². The molecule has 152 valence electrons. The van der Waals surface area contributed by atoms with E-state index in [-0.39, 0.29) is 33.8 Å². The number of carbonyl (C=O) groups is 2. The van der Waals surface area contributed by atoms with Crippen molar-refractivity contribution >= 4 is 28.9 Å². The van der Waals surface area contributed by atoms with Crippen LogP contribution < -0.4 is 10.2 Å². The summed E-state index contributed by atoms with van der Waals surface area (Å²) in [6, 6.07) is 6.59. The summed E-state index contributed by atoms with van der Waals surface area (Å²) < 4.78 is 5.31. The Morgan fingerprint density at radius 1 is 1.17 bits per heavy atom. The summed E-state index contributed by atoms with van der Waals surface area (Å²) in [5, 5.41) is 32.8. The van der Waals surface area contributed by atoms with E-state index in [1.54, 1.807) is 0 Å². The number of aromatic carboxylic acids is 1. The van der Waals surface area contributed by atoms with Gasteiger partial charge in [-0.25, -0.2) is 4.79 Å². The third kappa shape index (κ3) is 4.27. The van der Waals surface area contributed by atoms with Crippen molar-refractivity contribution in [2.24, 2.45) is 0 Å². The number of aryl methyl sites for hydroxylation is 1. The molecule has 1 heterocycles. The van der Waals surface area contributed by atoms with Crippen LogP contribution in [0.5, 0.6) is 5.75 Å². The molecule has 1 aliphatic heterocycles. The van der Waals surface area contributed by atoms with Crippen LogP contribution in [0.4, 0.5) is 17.1 Å². The van der Waals surface area contributed by atoms with Crippen molar-refractivity contribution in [2.45, 2.75) is 6.92 Å². The molecule has 29 heavy (non-hydrogen) atoms. The van der Waals surface area contributed by atoms with Crippen molar-refractivity contribution in [2.75, 3.05) is 36.5 Å². The molecule has 1 fully saturated rings. The lowest BCUT2D eigenvalue weighted by molar-refractivity contribution is -0.384. The SMILES string of the molecule is Cc1cc(NC(=O)c2cc([N+](=O)[O-])ccc2N2CCOCC2)cc(C(=O)O)c1O. The van der Waals surface area contributed by atoms with Gasteiger partial charge < -0.3 is 25.2 Å². The molecule has 0 radical (unpaired) electrons. The van der Waals surface area contributed by atoms with Crippen molar-refractivity contribution in [1.82, 2.24) is 0 Å². The first-order valence-corrected chi connectivity index (χ1v) is 8.77. The lowest BCUT2D eigenvalue weighted by Gasteiger charge is -2.30. The van der Waals surface area contributed by atoms with Crippen molar-refractivity contribution < 1.29 is 29.5 Å². The summed E-state index contributed by atoms with van der Waals surface area (Å²) >= 11 is 0. The normalized spacial score (nSPS) is 13.8. The summed E-state index contributed by atoms with van der Waals surface area (Å²) in [6.45, 7) is 3.50. The molecule has 0 atom stereocenters. The smallest absolute Gasteiger partial charge is 0.339 e. The third-order valence-electron chi connectivity index (χ3n) is 4.58. The molecule has 0 saturated carbocycles. The molecular formula is C19H19N3O7. The van der Waals surface area contributed by atoms with E-state index in [9.17, 15) is 29.9 Å². The summed E-state index contributed by atoms with van der Waals surface area (Å²) in [5.74, 6) is -2.36.